The van der Waals surface area contributed by atoms with E-state index in [1.165, 1.54) is 12.1 Å². The molecule has 0 spiro atoms. The van der Waals surface area contributed by atoms with E-state index >= 15 is 0 Å². The fourth-order valence-corrected chi connectivity index (χ4v) is 5.83. The standard InChI is InChI=1S/C30H39Cl2FN4O4/c1-30(2,3)35-29(41)25-17-36(15-18-4-8-23(31)24(32)12-18)10-11-37(25)16-21(38)7-9-27(40)34-28-22-14-20(33)6-5-19(22)13-26(28)39/h4-6,8,12,14,21,25-26,28,38-39H,7,9-11,13,15-17H2,1-3H3,(H,34,40)(H,35,41)/t21-,25-,26+,28-/m0/s1. The molecule has 0 radical (unpaired) electrons. The number of nitrogens with one attached hydrogen (secondary N) is 2. The number of fused-ring (bicyclic) bond motifs is 1. The van der Waals surface area contributed by atoms with Gasteiger partial charge in [-0.15, -0.1) is 0 Å². The van der Waals surface area contributed by atoms with Gasteiger partial charge in [-0.2, -0.15) is 0 Å². The van der Waals surface area contributed by atoms with Gasteiger partial charge in [-0.1, -0.05) is 35.3 Å². The van der Waals surface area contributed by atoms with Crippen LogP contribution >= 0.6 is 23.2 Å². The minimum absolute atomic E-state index is 0.0329. The maximum atomic E-state index is 13.7. The number of rotatable bonds is 9. The molecular formula is C30H39Cl2FN4O4. The highest BCUT2D eigenvalue weighted by Gasteiger charge is 2.35. The smallest absolute Gasteiger partial charge is 0.239 e. The molecular weight excluding hydrogens is 570 g/mol. The van der Waals surface area contributed by atoms with Crippen molar-refractivity contribution in [2.24, 2.45) is 0 Å². The van der Waals surface area contributed by atoms with Crippen molar-refractivity contribution in [2.45, 2.75) is 76.4 Å². The highest BCUT2D eigenvalue weighted by molar-refractivity contribution is 6.42. The number of piperazine rings is 1. The summed E-state index contributed by atoms with van der Waals surface area (Å²) < 4.78 is 13.7. The third kappa shape index (κ3) is 8.63. The third-order valence-electron chi connectivity index (χ3n) is 7.49. The molecule has 1 saturated heterocycles. The van der Waals surface area contributed by atoms with E-state index in [1.54, 1.807) is 12.1 Å². The van der Waals surface area contributed by atoms with Gasteiger partial charge in [0.2, 0.25) is 11.8 Å². The summed E-state index contributed by atoms with van der Waals surface area (Å²) in [5.41, 5.74) is 1.96. The van der Waals surface area contributed by atoms with E-state index in [4.69, 9.17) is 23.2 Å². The van der Waals surface area contributed by atoms with Gasteiger partial charge in [0, 0.05) is 51.1 Å². The Morgan fingerprint density at radius 3 is 2.59 bits per heavy atom. The van der Waals surface area contributed by atoms with Gasteiger partial charge in [-0.05, 0) is 68.1 Å². The topological polar surface area (TPSA) is 105 Å². The zero-order valence-corrected chi connectivity index (χ0v) is 25.2. The molecule has 41 heavy (non-hydrogen) atoms. The van der Waals surface area contributed by atoms with Crippen LogP contribution in [0.3, 0.4) is 0 Å². The molecule has 2 aromatic carbocycles. The number of aliphatic hydroxyl groups excluding tert-OH is 2. The first-order valence-corrected chi connectivity index (χ1v) is 14.7. The van der Waals surface area contributed by atoms with Crippen LogP contribution in [0.15, 0.2) is 36.4 Å². The molecule has 1 fully saturated rings. The number of β-amino-alcohol motifs (C(OH)–C–C–N with tert-alkyl or cyclic N) is 1. The van der Waals surface area contributed by atoms with Crippen LogP contribution in [0, 0.1) is 5.82 Å². The average Bonchev–Trinajstić information content (AvgIpc) is 3.18. The summed E-state index contributed by atoms with van der Waals surface area (Å²) in [7, 11) is 0. The Morgan fingerprint density at radius 2 is 1.88 bits per heavy atom. The highest BCUT2D eigenvalue weighted by Crippen LogP contribution is 2.32. The van der Waals surface area contributed by atoms with Crippen LogP contribution in [0.1, 0.15) is 56.3 Å². The molecule has 4 rings (SSSR count). The van der Waals surface area contributed by atoms with Gasteiger partial charge >= 0.3 is 0 Å². The molecule has 2 aromatic rings. The third-order valence-corrected chi connectivity index (χ3v) is 8.23. The first kappa shape index (κ1) is 31.7. The van der Waals surface area contributed by atoms with Crippen LogP contribution in [0.5, 0.6) is 0 Å². The van der Waals surface area contributed by atoms with Gasteiger partial charge in [0.1, 0.15) is 11.9 Å². The van der Waals surface area contributed by atoms with Crippen molar-refractivity contribution in [3.8, 4) is 0 Å². The second kappa shape index (κ2) is 13.4. The fraction of sp³-hybridized carbons (Fsp3) is 0.533. The van der Waals surface area contributed by atoms with Crippen molar-refractivity contribution in [3.05, 3.63) is 69.0 Å². The Labute approximate surface area is 250 Å². The number of hydrogen-bond donors (Lipinski definition) is 4. The van der Waals surface area contributed by atoms with Crippen molar-refractivity contribution < 1.29 is 24.2 Å². The molecule has 8 nitrogen and oxygen atoms in total. The van der Waals surface area contributed by atoms with Crippen LogP contribution < -0.4 is 10.6 Å². The second-order valence-electron chi connectivity index (χ2n) is 12.1. The predicted octanol–water partition coefficient (Wildman–Crippen LogP) is 3.45. The summed E-state index contributed by atoms with van der Waals surface area (Å²) in [6.07, 6.45) is -1.11. The summed E-state index contributed by atoms with van der Waals surface area (Å²) in [5.74, 6) is -0.879. The fourth-order valence-electron chi connectivity index (χ4n) is 5.51. The molecule has 0 bridgehead atoms. The SMILES string of the molecule is CC(C)(C)NC(=O)[C@@H]1CN(Cc2ccc(Cl)c(Cl)c2)CCN1C[C@@H](O)CCC(=O)N[C@H]1c2cc(F)ccc2C[C@H]1O. The predicted molar refractivity (Wildman–Crippen MR) is 157 cm³/mol. The summed E-state index contributed by atoms with van der Waals surface area (Å²) in [6.45, 7) is 8.31. The molecule has 224 valence electrons. The number of carbonyl (C=O) groups is 2. The number of amides is 2. The van der Waals surface area contributed by atoms with E-state index in [-0.39, 0.29) is 31.2 Å². The van der Waals surface area contributed by atoms with Crippen molar-refractivity contribution >= 4 is 35.0 Å². The van der Waals surface area contributed by atoms with Gasteiger partial charge in [0.05, 0.1) is 28.3 Å². The lowest BCUT2D eigenvalue weighted by Gasteiger charge is -2.42. The molecule has 0 unspecified atom stereocenters. The molecule has 2 amide bonds. The molecule has 0 saturated carbocycles. The molecule has 0 aromatic heterocycles. The molecule has 2 aliphatic rings. The van der Waals surface area contributed by atoms with Gasteiger partial charge < -0.3 is 20.8 Å². The van der Waals surface area contributed by atoms with Gasteiger partial charge in [0.15, 0.2) is 0 Å². The Balaban J connectivity index is 1.34. The molecule has 4 atom stereocenters. The number of halogens is 3. The van der Waals surface area contributed by atoms with E-state index in [0.717, 1.165) is 11.1 Å². The Bertz CT molecular complexity index is 1260. The Hall–Kier alpha value is -2.27. The number of aliphatic hydroxyl groups is 2. The highest BCUT2D eigenvalue weighted by atomic mass is 35.5. The Morgan fingerprint density at radius 1 is 1.12 bits per heavy atom. The number of carbonyl (C=O) groups excluding carboxylic acids is 2. The summed E-state index contributed by atoms with van der Waals surface area (Å²) in [6, 6.07) is 8.64. The summed E-state index contributed by atoms with van der Waals surface area (Å²) in [5, 5.41) is 28.1. The van der Waals surface area contributed by atoms with Crippen molar-refractivity contribution in [1.29, 1.82) is 0 Å². The van der Waals surface area contributed by atoms with Gasteiger partial charge in [0.25, 0.3) is 0 Å². The Kier molecular flexibility index (Phi) is 10.3. The van der Waals surface area contributed by atoms with Crippen molar-refractivity contribution in [3.63, 3.8) is 0 Å². The molecule has 4 N–H and O–H groups in total. The molecule has 1 heterocycles. The van der Waals surface area contributed by atoms with E-state index in [2.05, 4.69) is 15.5 Å². The maximum absolute atomic E-state index is 13.7. The largest absolute Gasteiger partial charge is 0.392 e. The van der Waals surface area contributed by atoms with Crippen LogP contribution in [-0.4, -0.2) is 81.8 Å². The van der Waals surface area contributed by atoms with Crippen molar-refractivity contribution in [2.75, 3.05) is 26.2 Å². The zero-order chi connectivity index (χ0) is 29.9. The van der Waals surface area contributed by atoms with Crippen LogP contribution in [0.25, 0.3) is 0 Å². The van der Waals surface area contributed by atoms with E-state index in [1.807, 2.05) is 37.8 Å². The first-order valence-electron chi connectivity index (χ1n) is 14.0. The minimum Gasteiger partial charge on any atom is -0.392 e. The van der Waals surface area contributed by atoms with Crippen LogP contribution in [-0.2, 0) is 22.6 Å². The van der Waals surface area contributed by atoms with Crippen molar-refractivity contribution in [1.82, 2.24) is 20.4 Å². The second-order valence-corrected chi connectivity index (χ2v) is 12.9. The lowest BCUT2D eigenvalue weighted by Crippen LogP contribution is -2.61. The molecule has 1 aliphatic heterocycles. The number of benzene rings is 2. The van der Waals surface area contributed by atoms with E-state index < -0.39 is 35.6 Å². The lowest BCUT2D eigenvalue weighted by atomic mass is 10.0. The molecule has 1 aliphatic carbocycles. The monoisotopic (exact) mass is 608 g/mol. The average molecular weight is 610 g/mol. The normalized spacial score (nSPS) is 22.3. The maximum Gasteiger partial charge on any atom is 0.239 e. The van der Waals surface area contributed by atoms with Gasteiger partial charge in [-0.25, -0.2) is 4.39 Å². The molecule has 11 heteroatoms. The first-order chi connectivity index (χ1) is 19.3. The summed E-state index contributed by atoms with van der Waals surface area (Å²) in [4.78, 5) is 30.1. The summed E-state index contributed by atoms with van der Waals surface area (Å²) >= 11 is 12.3. The number of hydrogen-bond acceptors (Lipinski definition) is 6. The van der Waals surface area contributed by atoms with Crippen LogP contribution in [0.4, 0.5) is 4.39 Å². The van der Waals surface area contributed by atoms with E-state index in [0.29, 0.717) is 48.2 Å². The zero-order valence-electron chi connectivity index (χ0n) is 23.7. The van der Waals surface area contributed by atoms with E-state index in [9.17, 15) is 24.2 Å². The van der Waals surface area contributed by atoms with Crippen LogP contribution in [0.2, 0.25) is 10.0 Å². The number of nitrogens with zero attached hydrogens (tertiary/aromatic N) is 2. The van der Waals surface area contributed by atoms with Gasteiger partial charge in [-0.3, -0.25) is 19.4 Å². The quantitative estimate of drug-likeness (QED) is 0.348. The minimum atomic E-state index is -0.842. The lowest BCUT2D eigenvalue weighted by molar-refractivity contribution is -0.131.